The topological polar surface area (TPSA) is 52.7 Å². The molecule has 56 valence electrons. The van der Waals surface area contributed by atoms with Crippen molar-refractivity contribution in [2.75, 3.05) is 20.6 Å². The fourth-order valence-corrected chi connectivity index (χ4v) is 0.709. The Kier molecular flexibility index (Phi) is 1.58. The van der Waals surface area contributed by atoms with E-state index in [0.29, 0.717) is 0 Å². The van der Waals surface area contributed by atoms with Crippen LogP contribution in [0.25, 0.3) is 0 Å². The van der Waals surface area contributed by atoms with Gasteiger partial charge in [-0.2, -0.15) is 0 Å². The molecule has 0 aromatic rings. The van der Waals surface area contributed by atoms with Crippen molar-refractivity contribution in [3.8, 4) is 0 Å². The number of hydrogen-bond donors (Lipinski definition) is 1. The first-order valence-electron chi connectivity index (χ1n) is 2.90. The van der Waals surface area contributed by atoms with Crippen molar-refractivity contribution in [2.45, 2.75) is 0 Å². The largest absolute Gasteiger partial charge is 0.338 e. The molecule has 0 atom stereocenters. The number of imide groups is 1. The molecule has 1 rings (SSSR count). The van der Waals surface area contributed by atoms with E-state index < -0.39 is 0 Å². The molecule has 1 N–H and O–H groups in total. The fraction of sp³-hybridized carbons (Fsp3) is 0.600. The summed E-state index contributed by atoms with van der Waals surface area (Å²) in [5.74, 6) is -0.259. The summed E-state index contributed by atoms with van der Waals surface area (Å²) in [5.41, 5.74) is 0. The second kappa shape index (κ2) is 2.26. The van der Waals surface area contributed by atoms with Crippen molar-refractivity contribution in [2.24, 2.45) is 0 Å². The average molecular weight is 143 g/mol. The Morgan fingerprint density at radius 1 is 1.40 bits per heavy atom. The van der Waals surface area contributed by atoms with E-state index in [1.54, 1.807) is 19.1 Å². The van der Waals surface area contributed by atoms with Gasteiger partial charge >= 0.3 is 6.03 Å². The van der Waals surface area contributed by atoms with Gasteiger partial charge in [0, 0.05) is 14.1 Å². The monoisotopic (exact) mass is 143 g/mol. The second-order valence-corrected chi connectivity index (χ2v) is 2.19. The number of hydrogen-bond acceptors (Lipinski definition) is 3. The molecular weight excluding hydrogens is 134 g/mol. The van der Waals surface area contributed by atoms with Crippen LogP contribution >= 0.6 is 0 Å². The van der Waals surface area contributed by atoms with E-state index in [2.05, 4.69) is 5.32 Å². The van der Waals surface area contributed by atoms with Gasteiger partial charge < -0.3 is 0 Å². The van der Waals surface area contributed by atoms with E-state index in [-0.39, 0.29) is 18.5 Å². The molecule has 0 aromatic heterocycles. The van der Waals surface area contributed by atoms with Crippen molar-refractivity contribution in [1.29, 1.82) is 0 Å². The Balaban J connectivity index is 2.66. The van der Waals surface area contributed by atoms with Gasteiger partial charge in [-0.25, -0.2) is 9.80 Å². The Morgan fingerprint density at radius 2 is 2.00 bits per heavy atom. The van der Waals surface area contributed by atoms with Gasteiger partial charge in [-0.05, 0) is 0 Å². The molecule has 0 aliphatic carbocycles. The SMILES string of the molecule is CN1CC(=O)NC(=O)N1C. The van der Waals surface area contributed by atoms with Crippen molar-refractivity contribution < 1.29 is 9.59 Å². The predicted octanol–water partition coefficient (Wildman–Crippen LogP) is -0.985. The number of nitrogens with zero attached hydrogens (tertiary/aromatic N) is 2. The zero-order chi connectivity index (χ0) is 7.72. The molecule has 0 spiro atoms. The van der Waals surface area contributed by atoms with Crippen LogP contribution in [0.2, 0.25) is 0 Å². The van der Waals surface area contributed by atoms with Crippen molar-refractivity contribution in [1.82, 2.24) is 15.3 Å². The van der Waals surface area contributed by atoms with Gasteiger partial charge in [-0.1, -0.05) is 0 Å². The van der Waals surface area contributed by atoms with Crippen LogP contribution in [-0.2, 0) is 4.79 Å². The molecule has 0 unspecified atom stereocenters. The third kappa shape index (κ3) is 1.08. The first-order chi connectivity index (χ1) is 4.61. The zero-order valence-electron chi connectivity index (χ0n) is 5.92. The van der Waals surface area contributed by atoms with Crippen LogP contribution in [0.1, 0.15) is 0 Å². The van der Waals surface area contributed by atoms with E-state index in [1.807, 2.05) is 0 Å². The van der Waals surface area contributed by atoms with Gasteiger partial charge in [0.05, 0.1) is 6.54 Å². The van der Waals surface area contributed by atoms with Crippen LogP contribution in [0.15, 0.2) is 0 Å². The van der Waals surface area contributed by atoms with Crippen LogP contribution in [0.5, 0.6) is 0 Å². The molecule has 0 saturated carbocycles. The highest BCUT2D eigenvalue weighted by Gasteiger charge is 2.23. The molecule has 1 aliphatic rings. The first-order valence-corrected chi connectivity index (χ1v) is 2.90. The van der Waals surface area contributed by atoms with Gasteiger partial charge in [0.2, 0.25) is 5.91 Å². The van der Waals surface area contributed by atoms with Gasteiger partial charge in [-0.15, -0.1) is 0 Å². The highest BCUT2D eigenvalue weighted by atomic mass is 16.2. The summed E-state index contributed by atoms with van der Waals surface area (Å²) in [6.45, 7) is 0.238. The number of likely N-dealkylation sites (N-methyl/N-ethyl adjacent to an activating group) is 1. The second-order valence-electron chi connectivity index (χ2n) is 2.19. The van der Waals surface area contributed by atoms with Gasteiger partial charge in [0.25, 0.3) is 0 Å². The quantitative estimate of drug-likeness (QED) is 0.474. The van der Waals surface area contributed by atoms with E-state index in [1.165, 1.54) is 5.01 Å². The van der Waals surface area contributed by atoms with E-state index >= 15 is 0 Å². The van der Waals surface area contributed by atoms with Crippen molar-refractivity contribution in [3.05, 3.63) is 0 Å². The molecule has 5 heteroatoms. The molecule has 0 aromatic carbocycles. The Bertz CT molecular complexity index is 180. The van der Waals surface area contributed by atoms with Crippen molar-refractivity contribution in [3.63, 3.8) is 0 Å². The summed E-state index contributed by atoms with van der Waals surface area (Å²) < 4.78 is 0. The third-order valence-electron chi connectivity index (χ3n) is 1.42. The summed E-state index contributed by atoms with van der Waals surface area (Å²) in [7, 11) is 3.28. The summed E-state index contributed by atoms with van der Waals surface area (Å²) in [6, 6.07) is -0.376. The number of amides is 3. The number of hydrazine groups is 1. The van der Waals surface area contributed by atoms with Gasteiger partial charge in [0.15, 0.2) is 0 Å². The maximum Gasteiger partial charge on any atom is 0.338 e. The minimum atomic E-state index is -0.376. The number of rotatable bonds is 0. The molecule has 3 amide bonds. The zero-order valence-corrected chi connectivity index (χ0v) is 5.92. The summed E-state index contributed by atoms with van der Waals surface area (Å²) in [4.78, 5) is 21.4. The van der Waals surface area contributed by atoms with E-state index in [0.717, 1.165) is 0 Å². The van der Waals surface area contributed by atoms with Crippen LogP contribution in [-0.4, -0.2) is 42.6 Å². The van der Waals surface area contributed by atoms with E-state index in [9.17, 15) is 9.59 Å². The molecule has 1 aliphatic heterocycles. The summed E-state index contributed by atoms with van der Waals surface area (Å²) in [6.07, 6.45) is 0. The lowest BCUT2D eigenvalue weighted by Crippen LogP contribution is -2.57. The maximum atomic E-state index is 10.8. The van der Waals surface area contributed by atoms with Crippen LogP contribution in [0.3, 0.4) is 0 Å². The first kappa shape index (κ1) is 7.01. The smallest absolute Gasteiger partial charge is 0.276 e. The molecule has 0 radical (unpaired) electrons. The molecule has 0 bridgehead atoms. The highest BCUT2D eigenvalue weighted by Crippen LogP contribution is 1.96. The number of carbonyl (C=O) groups is 2. The molecule has 1 saturated heterocycles. The third-order valence-corrected chi connectivity index (χ3v) is 1.42. The predicted molar refractivity (Wildman–Crippen MR) is 33.9 cm³/mol. The van der Waals surface area contributed by atoms with Gasteiger partial charge in [-0.3, -0.25) is 15.1 Å². The minimum Gasteiger partial charge on any atom is -0.276 e. The van der Waals surface area contributed by atoms with Crippen molar-refractivity contribution >= 4 is 11.9 Å². The number of carbonyl (C=O) groups excluding carboxylic acids is 2. The number of urea groups is 1. The van der Waals surface area contributed by atoms with Crippen LogP contribution in [0, 0.1) is 0 Å². The lowest BCUT2D eigenvalue weighted by Gasteiger charge is -2.31. The molecule has 1 fully saturated rings. The average Bonchev–Trinajstić information content (AvgIpc) is 1.82. The minimum absolute atomic E-state index is 0.238. The number of nitrogens with one attached hydrogen (secondary N) is 1. The Morgan fingerprint density at radius 3 is 2.50 bits per heavy atom. The molecule has 10 heavy (non-hydrogen) atoms. The summed E-state index contributed by atoms with van der Waals surface area (Å²) in [5, 5.41) is 5.06. The lowest BCUT2D eigenvalue weighted by atomic mass is 10.5. The standard InChI is InChI=1S/C5H9N3O2/c1-7-3-4(9)6-5(10)8(7)2/h3H2,1-2H3,(H,6,9,10). The Labute approximate surface area is 58.6 Å². The molecule has 1 heterocycles. The normalized spacial score (nSPS) is 21.2. The van der Waals surface area contributed by atoms with Gasteiger partial charge in [0.1, 0.15) is 0 Å². The van der Waals surface area contributed by atoms with Crippen LogP contribution < -0.4 is 5.32 Å². The Hall–Kier alpha value is -1.10. The lowest BCUT2D eigenvalue weighted by molar-refractivity contribution is -0.127. The highest BCUT2D eigenvalue weighted by molar-refractivity contribution is 5.96. The molecular formula is C5H9N3O2. The fourth-order valence-electron chi connectivity index (χ4n) is 0.709. The van der Waals surface area contributed by atoms with E-state index in [4.69, 9.17) is 0 Å². The summed E-state index contributed by atoms with van der Waals surface area (Å²) >= 11 is 0. The molecule has 5 nitrogen and oxygen atoms in total. The van der Waals surface area contributed by atoms with Crippen LogP contribution in [0.4, 0.5) is 4.79 Å². The maximum absolute atomic E-state index is 10.8.